The molecule has 6 heterocycles. The van der Waals surface area contributed by atoms with E-state index in [4.69, 9.17) is 26.6 Å². The number of fused-ring (bicyclic) bond motifs is 2. The first-order valence-electron chi connectivity index (χ1n) is 18.0. The van der Waals surface area contributed by atoms with Gasteiger partial charge in [-0.2, -0.15) is 15.2 Å². The highest BCUT2D eigenvalue weighted by molar-refractivity contribution is 6.58. The molecule has 4 aromatic heterocycles. The summed E-state index contributed by atoms with van der Waals surface area (Å²) in [5.41, 5.74) is 2.79. The molecule has 0 unspecified atom stereocenters. The van der Waals surface area contributed by atoms with Gasteiger partial charge in [0.2, 0.25) is 17.1 Å². The molecule has 2 amide bonds. The van der Waals surface area contributed by atoms with Gasteiger partial charge in [0.25, 0.3) is 0 Å². The van der Waals surface area contributed by atoms with E-state index in [0.717, 1.165) is 67.1 Å². The largest absolute Gasteiger partial charge is 0.491 e. The zero-order chi connectivity index (χ0) is 36.9. The van der Waals surface area contributed by atoms with Crippen molar-refractivity contribution in [1.29, 1.82) is 0 Å². The minimum Gasteiger partial charge on any atom is -0.423 e. The second kappa shape index (κ2) is 17.5. The average molecular weight is 749 g/mol. The fourth-order valence-corrected chi connectivity index (χ4v) is 7.79. The summed E-state index contributed by atoms with van der Waals surface area (Å²) in [5, 5.41) is 29.8. The minimum absolute atomic E-state index is 0. The van der Waals surface area contributed by atoms with Crippen molar-refractivity contribution in [3.8, 4) is 11.4 Å². The maximum absolute atomic E-state index is 12.8. The van der Waals surface area contributed by atoms with Crippen LogP contribution in [0.2, 0.25) is 5.28 Å². The van der Waals surface area contributed by atoms with Crippen LogP contribution in [0.25, 0.3) is 11.4 Å². The molecule has 2 saturated carbocycles. The SMILES string of the molecule is C.CC[C@@H]1C(=O)N(C)c2cnc(-c3cn[nH]c3)nc2N1C1CCCC1.CC[C@@H]1C(=O)N(C)c2cnc(Cl)nc2N1C1CCCC1.OB(O)c1cn[nH]c1. The Labute approximate surface area is 315 Å². The number of hydrogen-bond acceptors (Lipinski definition) is 12. The number of aromatic nitrogens is 8. The predicted octanol–water partition coefficient (Wildman–Crippen LogP) is 3.73. The topological polar surface area (TPSA) is 196 Å². The highest BCUT2D eigenvalue weighted by Crippen LogP contribution is 2.41. The van der Waals surface area contributed by atoms with Crippen LogP contribution in [0.5, 0.6) is 0 Å². The second-order valence-corrected chi connectivity index (χ2v) is 13.8. The number of aromatic amines is 2. The van der Waals surface area contributed by atoms with Crippen molar-refractivity contribution in [1.82, 2.24) is 40.3 Å². The molecule has 0 aromatic carbocycles. The molecule has 284 valence electrons. The molecule has 4 aliphatic rings. The van der Waals surface area contributed by atoms with Crippen molar-refractivity contribution in [2.75, 3.05) is 33.7 Å². The summed E-state index contributed by atoms with van der Waals surface area (Å²) in [6.07, 6.45) is 20.6. The molecule has 53 heavy (non-hydrogen) atoms. The van der Waals surface area contributed by atoms with E-state index in [9.17, 15) is 9.59 Å². The van der Waals surface area contributed by atoms with Gasteiger partial charge in [-0.25, -0.2) is 15.0 Å². The van der Waals surface area contributed by atoms with Crippen LogP contribution in [-0.4, -0.2) is 108 Å². The quantitative estimate of drug-likeness (QED) is 0.165. The van der Waals surface area contributed by atoms with Crippen molar-refractivity contribution >= 4 is 59.0 Å². The summed E-state index contributed by atoms with van der Waals surface area (Å²) < 4.78 is 0. The number of nitrogens with one attached hydrogen (secondary N) is 2. The van der Waals surface area contributed by atoms with E-state index < -0.39 is 7.12 Å². The summed E-state index contributed by atoms with van der Waals surface area (Å²) in [6, 6.07) is 0.500. The number of likely N-dealkylation sites (N-methyl/N-ethyl adjacent to an activating group) is 2. The normalized spacial score (nSPS) is 19.9. The molecule has 0 spiro atoms. The Morgan fingerprint density at radius 3 is 1.68 bits per heavy atom. The first-order chi connectivity index (χ1) is 25.1. The van der Waals surface area contributed by atoms with Gasteiger partial charge in [0, 0.05) is 50.2 Å². The highest BCUT2D eigenvalue weighted by Gasteiger charge is 2.42. The van der Waals surface area contributed by atoms with E-state index in [1.54, 1.807) is 41.6 Å². The van der Waals surface area contributed by atoms with Gasteiger partial charge in [0.1, 0.15) is 23.5 Å². The Kier molecular flexibility index (Phi) is 13.1. The fraction of sp³-hybridized carbons (Fsp3) is 0.543. The van der Waals surface area contributed by atoms with Gasteiger partial charge in [-0.3, -0.25) is 19.8 Å². The molecule has 0 radical (unpaired) electrons. The lowest BCUT2D eigenvalue weighted by Gasteiger charge is -2.43. The Morgan fingerprint density at radius 1 is 0.755 bits per heavy atom. The smallest absolute Gasteiger partial charge is 0.423 e. The molecule has 16 nitrogen and oxygen atoms in total. The van der Waals surface area contributed by atoms with Gasteiger partial charge in [-0.15, -0.1) is 0 Å². The molecule has 18 heteroatoms. The third-order valence-electron chi connectivity index (χ3n) is 10.4. The molecule has 0 saturated heterocycles. The first-order valence-corrected chi connectivity index (χ1v) is 18.4. The van der Waals surface area contributed by atoms with Gasteiger partial charge in [-0.05, 0) is 50.1 Å². The van der Waals surface area contributed by atoms with Gasteiger partial charge < -0.3 is 29.6 Å². The number of halogens is 1. The van der Waals surface area contributed by atoms with E-state index in [1.165, 1.54) is 38.1 Å². The number of anilines is 4. The number of hydrogen-bond donors (Lipinski definition) is 4. The Balaban J connectivity index is 0.000000169. The number of carbonyl (C=O) groups is 2. The Hall–Kier alpha value is -4.61. The summed E-state index contributed by atoms with van der Waals surface area (Å²) in [6.45, 7) is 4.12. The van der Waals surface area contributed by atoms with Crippen LogP contribution >= 0.6 is 11.6 Å². The predicted molar refractivity (Wildman–Crippen MR) is 206 cm³/mol. The lowest BCUT2D eigenvalue weighted by molar-refractivity contribution is -0.120. The summed E-state index contributed by atoms with van der Waals surface area (Å²) in [5.74, 6) is 2.59. The van der Waals surface area contributed by atoms with E-state index in [0.29, 0.717) is 23.4 Å². The molecule has 2 fully saturated rings. The van der Waals surface area contributed by atoms with Crippen LogP contribution in [0.3, 0.4) is 0 Å². The molecule has 2 atom stereocenters. The number of carbonyl (C=O) groups excluding carboxylic acids is 2. The standard InChI is InChI=1S/C17H22N6O.C14H19ClN4O.C3H5BN2O2.CH4/c1-3-13-17(24)22(2)14-10-18-15(11-8-19-20-9-11)21-16(14)23(13)12-6-4-5-7-12;1-3-10-13(20)18(2)11-8-16-14(15)17-12(11)19(10)9-6-4-5-7-9;7-4(8)3-1-5-6-2-3;/h8-10,12-13H,3-7H2,1-2H3,(H,19,20);8-10H,3-7H2,1-2H3;1-2,7-8H,(H,5,6);1H4/t13-;10-;;/m11../s1. The number of rotatable bonds is 6. The molecule has 0 bridgehead atoms. The monoisotopic (exact) mass is 748 g/mol. The van der Waals surface area contributed by atoms with E-state index in [-0.39, 0.29) is 36.6 Å². The van der Waals surface area contributed by atoms with Crippen LogP contribution in [-0.2, 0) is 9.59 Å². The van der Waals surface area contributed by atoms with E-state index in [2.05, 4.69) is 52.1 Å². The molecular weight excluding hydrogens is 699 g/mol. The minimum atomic E-state index is -1.41. The summed E-state index contributed by atoms with van der Waals surface area (Å²) >= 11 is 5.97. The molecule has 4 N–H and O–H groups in total. The summed E-state index contributed by atoms with van der Waals surface area (Å²) in [4.78, 5) is 50.9. The van der Waals surface area contributed by atoms with Crippen LogP contribution in [0.15, 0.2) is 37.2 Å². The average Bonchev–Trinajstić information content (AvgIpc) is 3.99. The molecule has 2 aliphatic heterocycles. The first kappa shape index (κ1) is 39.6. The number of amides is 2. The molecule has 8 rings (SSSR count). The second-order valence-electron chi connectivity index (χ2n) is 13.5. The zero-order valence-corrected chi connectivity index (χ0v) is 30.7. The Bertz CT molecular complexity index is 1800. The van der Waals surface area contributed by atoms with Crippen LogP contribution in [0.4, 0.5) is 23.0 Å². The van der Waals surface area contributed by atoms with Crippen molar-refractivity contribution in [3.05, 3.63) is 42.5 Å². The lowest BCUT2D eigenvalue weighted by atomic mass is 9.83. The molecular formula is C35H50BClN12O4. The van der Waals surface area contributed by atoms with Crippen LogP contribution < -0.4 is 25.1 Å². The van der Waals surface area contributed by atoms with Gasteiger partial charge in [0.05, 0.1) is 24.2 Å². The van der Waals surface area contributed by atoms with Crippen molar-refractivity contribution < 1.29 is 19.6 Å². The van der Waals surface area contributed by atoms with Crippen molar-refractivity contribution in [2.24, 2.45) is 0 Å². The van der Waals surface area contributed by atoms with Crippen molar-refractivity contribution in [2.45, 2.75) is 110 Å². The van der Waals surface area contributed by atoms with Crippen LogP contribution in [0.1, 0.15) is 85.5 Å². The maximum atomic E-state index is 12.8. The molecule has 2 aliphatic carbocycles. The van der Waals surface area contributed by atoms with Gasteiger partial charge in [-0.1, -0.05) is 47.0 Å². The fourth-order valence-electron chi connectivity index (χ4n) is 7.66. The zero-order valence-electron chi connectivity index (χ0n) is 30.0. The lowest BCUT2D eigenvalue weighted by Crippen LogP contribution is -2.55. The summed E-state index contributed by atoms with van der Waals surface area (Å²) in [7, 11) is 2.19. The molecule has 4 aromatic rings. The maximum Gasteiger partial charge on any atom is 0.491 e. The number of H-pyrrole nitrogens is 2. The number of nitrogens with zero attached hydrogens (tertiary/aromatic N) is 10. The van der Waals surface area contributed by atoms with Gasteiger partial charge >= 0.3 is 7.12 Å². The Morgan fingerprint density at radius 2 is 1.25 bits per heavy atom. The highest BCUT2D eigenvalue weighted by atomic mass is 35.5. The third kappa shape index (κ3) is 8.16. The van der Waals surface area contributed by atoms with Gasteiger partial charge in [0.15, 0.2) is 17.5 Å². The third-order valence-corrected chi connectivity index (χ3v) is 10.6. The van der Waals surface area contributed by atoms with Crippen LogP contribution in [0, 0.1) is 0 Å². The van der Waals surface area contributed by atoms with Crippen molar-refractivity contribution in [3.63, 3.8) is 0 Å². The van der Waals surface area contributed by atoms with E-state index in [1.807, 2.05) is 14.0 Å². The van der Waals surface area contributed by atoms with E-state index >= 15 is 0 Å².